The summed E-state index contributed by atoms with van der Waals surface area (Å²) in [4.78, 5) is 19.6. The van der Waals surface area contributed by atoms with Crippen LogP contribution in [0.25, 0.3) is 10.6 Å². The lowest BCUT2D eigenvalue weighted by Crippen LogP contribution is -2.42. The molecule has 1 aromatic carbocycles. The average Bonchev–Trinajstić information content (AvgIpc) is 3.05. The van der Waals surface area contributed by atoms with Gasteiger partial charge in [-0.25, -0.2) is 4.98 Å². The molecule has 0 radical (unpaired) electrons. The molecule has 116 valence electrons. The minimum absolute atomic E-state index is 0.0998. The number of piperidine rings is 1. The van der Waals surface area contributed by atoms with Crippen LogP contribution in [0.1, 0.15) is 29.4 Å². The Morgan fingerprint density at radius 2 is 2.00 bits per heavy atom. The molecule has 2 N–H and O–H groups in total. The van der Waals surface area contributed by atoms with Gasteiger partial charge in [-0.05, 0) is 25.7 Å². The van der Waals surface area contributed by atoms with Gasteiger partial charge in [0.1, 0.15) is 9.88 Å². The lowest BCUT2D eigenvalue weighted by Gasteiger charge is -2.33. The van der Waals surface area contributed by atoms with Crippen molar-refractivity contribution in [3.63, 3.8) is 0 Å². The zero-order valence-corrected chi connectivity index (χ0v) is 13.6. The molecule has 1 aromatic heterocycles. The number of thiazole rings is 1. The van der Waals surface area contributed by atoms with Crippen LogP contribution in [0.4, 0.5) is 0 Å². The highest BCUT2D eigenvalue weighted by atomic mass is 32.1. The molecule has 1 unspecified atom stereocenters. The number of nitrogens with zero attached hydrogens (tertiary/aromatic N) is 2. The predicted molar refractivity (Wildman–Crippen MR) is 89.8 cm³/mol. The highest BCUT2D eigenvalue weighted by molar-refractivity contribution is 7.16. The minimum atomic E-state index is 0.0998. The number of nitrogens with two attached hydrogens (primary N) is 1. The van der Waals surface area contributed by atoms with Gasteiger partial charge >= 0.3 is 0 Å². The zero-order valence-electron chi connectivity index (χ0n) is 12.7. The highest BCUT2D eigenvalue weighted by Gasteiger charge is 2.26. The van der Waals surface area contributed by atoms with Crippen molar-refractivity contribution < 1.29 is 4.79 Å². The van der Waals surface area contributed by atoms with Crippen LogP contribution < -0.4 is 5.73 Å². The van der Waals surface area contributed by atoms with Gasteiger partial charge in [0.25, 0.3) is 5.91 Å². The van der Waals surface area contributed by atoms with Crippen molar-refractivity contribution in [1.29, 1.82) is 0 Å². The summed E-state index contributed by atoms with van der Waals surface area (Å²) < 4.78 is 0. The van der Waals surface area contributed by atoms with Crippen LogP contribution in [-0.4, -0.2) is 34.9 Å². The molecule has 22 heavy (non-hydrogen) atoms. The van der Waals surface area contributed by atoms with E-state index in [2.05, 4.69) is 11.9 Å². The second-order valence-corrected chi connectivity index (χ2v) is 6.92. The van der Waals surface area contributed by atoms with Crippen LogP contribution in [0.3, 0.4) is 0 Å². The molecule has 2 heterocycles. The van der Waals surface area contributed by atoms with Crippen molar-refractivity contribution in [2.24, 2.45) is 11.7 Å². The summed E-state index contributed by atoms with van der Waals surface area (Å²) in [6, 6.07) is 10.2. The fourth-order valence-electron chi connectivity index (χ4n) is 2.87. The molecule has 1 aliphatic rings. The molecule has 2 aromatic rings. The van der Waals surface area contributed by atoms with Gasteiger partial charge in [0.05, 0.1) is 6.20 Å². The van der Waals surface area contributed by atoms with E-state index in [-0.39, 0.29) is 11.9 Å². The van der Waals surface area contributed by atoms with E-state index in [0.717, 1.165) is 41.4 Å². The van der Waals surface area contributed by atoms with Gasteiger partial charge < -0.3 is 10.6 Å². The molecule has 3 rings (SSSR count). The van der Waals surface area contributed by atoms with Crippen molar-refractivity contribution in [2.75, 3.05) is 13.1 Å². The minimum Gasteiger partial charge on any atom is -0.338 e. The largest absolute Gasteiger partial charge is 0.338 e. The Morgan fingerprint density at radius 1 is 1.32 bits per heavy atom. The number of benzene rings is 1. The lowest BCUT2D eigenvalue weighted by atomic mass is 9.91. The molecule has 1 saturated heterocycles. The standard InChI is InChI=1S/C17H21N3OS/c1-12(18)13-7-9-20(10-8-13)17(21)15-11-19-16(22-15)14-5-3-2-4-6-14/h2-6,11-13H,7-10,18H2,1H3. The van der Waals surface area contributed by atoms with E-state index in [0.29, 0.717) is 5.92 Å². The first kappa shape index (κ1) is 15.2. The topological polar surface area (TPSA) is 59.2 Å². The van der Waals surface area contributed by atoms with Gasteiger partial charge in [0.15, 0.2) is 0 Å². The van der Waals surface area contributed by atoms with Gasteiger partial charge in [0.2, 0.25) is 0 Å². The van der Waals surface area contributed by atoms with Crippen molar-refractivity contribution in [2.45, 2.75) is 25.8 Å². The summed E-state index contributed by atoms with van der Waals surface area (Å²) in [7, 11) is 0. The Kier molecular flexibility index (Phi) is 4.55. The van der Waals surface area contributed by atoms with Gasteiger partial charge in [-0.1, -0.05) is 30.3 Å². The SMILES string of the molecule is CC(N)C1CCN(C(=O)c2cnc(-c3ccccc3)s2)CC1. The second kappa shape index (κ2) is 6.58. The molecule has 1 fully saturated rings. The number of aromatic nitrogens is 1. The summed E-state index contributed by atoms with van der Waals surface area (Å²) in [6.07, 6.45) is 3.69. The Labute approximate surface area is 135 Å². The van der Waals surface area contributed by atoms with E-state index < -0.39 is 0 Å². The Morgan fingerprint density at radius 3 is 2.64 bits per heavy atom. The molecule has 0 saturated carbocycles. The fourth-order valence-corrected chi connectivity index (χ4v) is 3.76. The monoisotopic (exact) mass is 315 g/mol. The third-order valence-corrected chi connectivity index (χ3v) is 5.34. The second-order valence-electron chi connectivity index (χ2n) is 5.88. The maximum Gasteiger partial charge on any atom is 0.265 e. The van der Waals surface area contributed by atoms with Crippen molar-refractivity contribution >= 4 is 17.2 Å². The van der Waals surface area contributed by atoms with E-state index in [9.17, 15) is 4.79 Å². The normalized spacial score (nSPS) is 17.5. The molecule has 0 aliphatic carbocycles. The summed E-state index contributed by atoms with van der Waals surface area (Å²) in [5.41, 5.74) is 7.01. The summed E-state index contributed by atoms with van der Waals surface area (Å²) in [5.74, 6) is 0.633. The lowest BCUT2D eigenvalue weighted by molar-refractivity contribution is 0.0685. The molecular formula is C17H21N3OS. The summed E-state index contributed by atoms with van der Waals surface area (Å²) >= 11 is 1.47. The number of rotatable bonds is 3. The maximum atomic E-state index is 12.6. The number of hydrogen-bond acceptors (Lipinski definition) is 4. The third-order valence-electron chi connectivity index (χ3n) is 4.31. The van der Waals surface area contributed by atoms with E-state index in [1.807, 2.05) is 35.2 Å². The third kappa shape index (κ3) is 3.20. The van der Waals surface area contributed by atoms with Crippen LogP contribution >= 0.6 is 11.3 Å². The summed E-state index contributed by atoms with van der Waals surface area (Å²) in [6.45, 7) is 3.64. The number of carbonyl (C=O) groups is 1. The Balaban J connectivity index is 1.68. The van der Waals surface area contributed by atoms with E-state index in [1.54, 1.807) is 6.20 Å². The van der Waals surface area contributed by atoms with Gasteiger partial charge in [0, 0.05) is 24.7 Å². The number of hydrogen-bond donors (Lipinski definition) is 1. The van der Waals surface area contributed by atoms with Crippen LogP contribution in [0.5, 0.6) is 0 Å². The van der Waals surface area contributed by atoms with E-state index in [4.69, 9.17) is 5.73 Å². The van der Waals surface area contributed by atoms with Crippen molar-refractivity contribution in [1.82, 2.24) is 9.88 Å². The highest BCUT2D eigenvalue weighted by Crippen LogP contribution is 2.27. The number of carbonyl (C=O) groups excluding carboxylic acids is 1. The molecule has 0 spiro atoms. The molecule has 4 nitrogen and oxygen atoms in total. The maximum absolute atomic E-state index is 12.6. The Bertz CT molecular complexity index is 630. The number of amides is 1. The van der Waals surface area contributed by atoms with Gasteiger partial charge in [-0.2, -0.15) is 0 Å². The molecule has 1 amide bonds. The molecule has 1 aliphatic heterocycles. The smallest absolute Gasteiger partial charge is 0.265 e. The van der Waals surface area contributed by atoms with Crippen molar-refractivity contribution in [3.05, 3.63) is 41.4 Å². The fraction of sp³-hybridized carbons (Fsp3) is 0.412. The van der Waals surface area contributed by atoms with Crippen LogP contribution in [0.2, 0.25) is 0 Å². The first-order valence-corrected chi connectivity index (χ1v) is 8.53. The Hall–Kier alpha value is -1.72. The van der Waals surface area contributed by atoms with Crippen LogP contribution in [-0.2, 0) is 0 Å². The molecule has 1 atom stereocenters. The molecular weight excluding hydrogens is 294 g/mol. The van der Waals surface area contributed by atoms with Crippen molar-refractivity contribution in [3.8, 4) is 10.6 Å². The van der Waals surface area contributed by atoms with Gasteiger partial charge in [-0.15, -0.1) is 11.3 Å². The zero-order chi connectivity index (χ0) is 15.5. The first-order valence-electron chi connectivity index (χ1n) is 7.71. The first-order chi connectivity index (χ1) is 10.6. The predicted octanol–water partition coefficient (Wildman–Crippen LogP) is 3.01. The van der Waals surface area contributed by atoms with Crippen LogP contribution in [0, 0.1) is 5.92 Å². The average molecular weight is 315 g/mol. The molecule has 5 heteroatoms. The molecule has 0 bridgehead atoms. The number of likely N-dealkylation sites (tertiary alicyclic amines) is 1. The van der Waals surface area contributed by atoms with Gasteiger partial charge in [-0.3, -0.25) is 4.79 Å². The summed E-state index contributed by atoms with van der Waals surface area (Å²) in [5, 5.41) is 0.898. The van der Waals surface area contributed by atoms with E-state index >= 15 is 0 Å². The van der Waals surface area contributed by atoms with Crippen LogP contribution in [0.15, 0.2) is 36.5 Å². The van der Waals surface area contributed by atoms with E-state index in [1.165, 1.54) is 11.3 Å². The quantitative estimate of drug-likeness (QED) is 0.947.